The van der Waals surface area contributed by atoms with Gasteiger partial charge in [-0.25, -0.2) is 9.78 Å². The number of nitrogens with one attached hydrogen (secondary N) is 1. The maximum atomic E-state index is 11.1. The molecular weight excluding hydrogens is 354 g/mol. The van der Waals surface area contributed by atoms with E-state index in [9.17, 15) is 4.79 Å². The van der Waals surface area contributed by atoms with Crippen molar-refractivity contribution in [3.05, 3.63) is 72.2 Å². The van der Waals surface area contributed by atoms with E-state index in [1.54, 1.807) is 41.2 Å². The number of carboxylic acids is 1. The second-order valence-corrected chi connectivity index (χ2v) is 6.89. The Labute approximate surface area is 160 Å². The zero-order chi connectivity index (χ0) is 19.1. The van der Waals surface area contributed by atoms with Gasteiger partial charge in [-0.1, -0.05) is 0 Å². The van der Waals surface area contributed by atoms with Gasteiger partial charge in [0.2, 0.25) is 0 Å². The molecular formula is C21H17N5O2. The highest BCUT2D eigenvalue weighted by Crippen LogP contribution is 2.40. The largest absolute Gasteiger partial charge is 0.478 e. The summed E-state index contributed by atoms with van der Waals surface area (Å²) in [6, 6.07) is 14.4. The van der Waals surface area contributed by atoms with E-state index < -0.39 is 5.97 Å². The van der Waals surface area contributed by atoms with Crippen LogP contribution in [0.2, 0.25) is 0 Å². The van der Waals surface area contributed by atoms with Crippen LogP contribution in [-0.4, -0.2) is 30.7 Å². The first-order chi connectivity index (χ1) is 13.7. The van der Waals surface area contributed by atoms with Crippen molar-refractivity contribution in [3.63, 3.8) is 0 Å². The van der Waals surface area contributed by atoms with Gasteiger partial charge < -0.3 is 10.4 Å². The molecule has 0 spiro atoms. The monoisotopic (exact) mass is 371 g/mol. The highest BCUT2D eigenvalue weighted by atomic mass is 16.4. The molecule has 3 heterocycles. The number of carboxylic acid groups (broad SMARTS) is 1. The second kappa shape index (κ2) is 6.45. The number of anilines is 2. The summed E-state index contributed by atoms with van der Waals surface area (Å²) in [5, 5.41) is 17.2. The molecule has 5 rings (SSSR count). The fourth-order valence-corrected chi connectivity index (χ4v) is 3.17. The normalized spacial score (nSPS) is 13.6. The summed E-state index contributed by atoms with van der Waals surface area (Å²) < 4.78 is 1.80. The lowest BCUT2D eigenvalue weighted by Gasteiger charge is -2.11. The van der Waals surface area contributed by atoms with E-state index in [1.807, 2.05) is 24.3 Å². The highest BCUT2D eigenvalue weighted by molar-refractivity contribution is 5.88. The highest BCUT2D eigenvalue weighted by Gasteiger charge is 2.27. The van der Waals surface area contributed by atoms with Gasteiger partial charge in [0.1, 0.15) is 5.82 Å². The fourth-order valence-electron chi connectivity index (χ4n) is 3.17. The van der Waals surface area contributed by atoms with Crippen LogP contribution in [0.25, 0.3) is 16.9 Å². The lowest BCUT2D eigenvalue weighted by Crippen LogP contribution is -2.03. The molecule has 0 radical (unpaired) electrons. The van der Waals surface area contributed by atoms with Crippen molar-refractivity contribution < 1.29 is 9.90 Å². The Morgan fingerprint density at radius 2 is 1.96 bits per heavy atom. The molecule has 2 N–H and O–H groups in total. The molecule has 0 aliphatic heterocycles. The molecule has 4 aromatic rings. The number of rotatable bonds is 5. The summed E-state index contributed by atoms with van der Waals surface area (Å²) in [5.41, 5.74) is 4.57. The van der Waals surface area contributed by atoms with Gasteiger partial charge in [0, 0.05) is 41.7 Å². The molecule has 0 unspecified atom stereocenters. The molecule has 1 saturated carbocycles. The van der Waals surface area contributed by atoms with E-state index in [-0.39, 0.29) is 5.56 Å². The zero-order valence-corrected chi connectivity index (χ0v) is 14.9. The van der Waals surface area contributed by atoms with Gasteiger partial charge in [0.15, 0.2) is 5.65 Å². The summed E-state index contributed by atoms with van der Waals surface area (Å²) in [6.07, 6.45) is 5.84. The van der Waals surface area contributed by atoms with E-state index in [0.29, 0.717) is 5.92 Å². The number of aromatic nitrogens is 4. The van der Waals surface area contributed by atoms with Crippen LogP contribution in [0.3, 0.4) is 0 Å². The van der Waals surface area contributed by atoms with Crippen LogP contribution >= 0.6 is 0 Å². The van der Waals surface area contributed by atoms with Crippen LogP contribution in [0.1, 0.15) is 34.8 Å². The summed E-state index contributed by atoms with van der Waals surface area (Å²) in [4.78, 5) is 20.0. The van der Waals surface area contributed by atoms with Crippen molar-refractivity contribution in [3.8, 4) is 11.3 Å². The molecule has 28 heavy (non-hydrogen) atoms. The smallest absolute Gasteiger partial charge is 0.335 e. The Balaban J connectivity index is 1.59. The predicted molar refractivity (Wildman–Crippen MR) is 105 cm³/mol. The van der Waals surface area contributed by atoms with Gasteiger partial charge in [0.25, 0.3) is 0 Å². The number of pyridine rings is 1. The van der Waals surface area contributed by atoms with E-state index in [0.717, 1.165) is 34.1 Å². The molecule has 138 valence electrons. The number of nitrogens with zero attached hydrogens (tertiary/aromatic N) is 4. The number of hydrogen-bond acceptors (Lipinski definition) is 5. The topological polar surface area (TPSA) is 92.4 Å². The number of fused-ring (bicyclic) bond motifs is 1. The van der Waals surface area contributed by atoms with Crippen molar-refractivity contribution >= 4 is 23.1 Å². The third kappa shape index (κ3) is 3.07. The van der Waals surface area contributed by atoms with Crippen molar-refractivity contribution in [1.29, 1.82) is 0 Å². The van der Waals surface area contributed by atoms with E-state index >= 15 is 0 Å². The summed E-state index contributed by atoms with van der Waals surface area (Å²) >= 11 is 0. The maximum absolute atomic E-state index is 11.1. The van der Waals surface area contributed by atoms with Gasteiger partial charge in [-0.15, -0.1) is 0 Å². The van der Waals surface area contributed by atoms with Crippen LogP contribution in [0.4, 0.5) is 11.5 Å². The van der Waals surface area contributed by atoms with Crippen LogP contribution in [-0.2, 0) is 0 Å². The quantitative estimate of drug-likeness (QED) is 0.548. The first kappa shape index (κ1) is 16.4. The van der Waals surface area contributed by atoms with E-state index in [4.69, 9.17) is 15.2 Å². The number of hydrogen-bond donors (Lipinski definition) is 2. The zero-order valence-electron chi connectivity index (χ0n) is 14.9. The maximum Gasteiger partial charge on any atom is 0.335 e. The van der Waals surface area contributed by atoms with Crippen LogP contribution in [0, 0.1) is 0 Å². The SMILES string of the molecule is O=C(O)c1ccc(Nc2cc(-c3cccnc3)nc3cc(C4CC4)nn23)cc1. The molecule has 0 atom stereocenters. The molecule has 1 aliphatic rings. The molecule has 7 heteroatoms. The number of aromatic carboxylic acids is 1. The average Bonchev–Trinajstić information content (AvgIpc) is 3.48. The summed E-state index contributed by atoms with van der Waals surface area (Å²) in [6.45, 7) is 0. The Kier molecular flexibility index (Phi) is 3.79. The third-order valence-corrected chi connectivity index (χ3v) is 4.80. The van der Waals surface area contributed by atoms with Gasteiger partial charge in [-0.2, -0.15) is 9.61 Å². The minimum Gasteiger partial charge on any atom is -0.478 e. The minimum atomic E-state index is -0.946. The molecule has 1 aliphatic carbocycles. The molecule has 3 aromatic heterocycles. The van der Waals surface area contributed by atoms with Crippen LogP contribution < -0.4 is 5.32 Å². The average molecular weight is 371 g/mol. The van der Waals surface area contributed by atoms with Crippen molar-refractivity contribution in [2.24, 2.45) is 0 Å². The van der Waals surface area contributed by atoms with Crippen molar-refractivity contribution in [2.45, 2.75) is 18.8 Å². The molecule has 1 fully saturated rings. The molecule has 7 nitrogen and oxygen atoms in total. The van der Waals surface area contributed by atoms with E-state index in [1.165, 1.54) is 12.8 Å². The first-order valence-electron chi connectivity index (χ1n) is 9.09. The molecule has 0 bridgehead atoms. The van der Waals surface area contributed by atoms with Crippen LogP contribution in [0.15, 0.2) is 60.9 Å². The van der Waals surface area contributed by atoms with E-state index in [2.05, 4.69) is 10.3 Å². The fraction of sp³-hybridized carbons (Fsp3) is 0.143. The molecule has 0 amide bonds. The van der Waals surface area contributed by atoms with Gasteiger partial charge in [-0.3, -0.25) is 4.98 Å². The second-order valence-electron chi connectivity index (χ2n) is 6.89. The summed E-state index contributed by atoms with van der Waals surface area (Å²) in [5.74, 6) is 0.336. The predicted octanol–water partition coefficient (Wildman–Crippen LogP) is 4.11. The Morgan fingerprint density at radius 3 is 2.64 bits per heavy atom. The lowest BCUT2D eigenvalue weighted by atomic mass is 10.2. The Hall–Kier alpha value is -3.74. The summed E-state index contributed by atoms with van der Waals surface area (Å²) in [7, 11) is 0. The van der Waals surface area contributed by atoms with Gasteiger partial charge in [0.05, 0.1) is 17.0 Å². The molecule has 1 aromatic carbocycles. The minimum absolute atomic E-state index is 0.247. The standard InChI is InChI=1S/C21H17N5O2/c27-21(28)14-5-7-16(8-6-14)23-19-10-17(15-2-1-9-22-12-15)24-20-11-18(13-3-4-13)25-26(19)20/h1-2,5-13,23H,3-4H2,(H,27,28). The lowest BCUT2D eigenvalue weighted by molar-refractivity contribution is 0.0697. The first-order valence-corrected chi connectivity index (χ1v) is 9.09. The Morgan fingerprint density at radius 1 is 1.14 bits per heavy atom. The third-order valence-electron chi connectivity index (χ3n) is 4.80. The Bertz CT molecular complexity index is 1160. The van der Waals surface area contributed by atoms with Gasteiger partial charge >= 0.3 is 5.97 Å². The van der Waals surface area contributed by atoms with Crippen LogP contribution in [0.5, 0.6) is 0 Å². The van der Waals surface area contributed by atoms with Crippen molar-refractivity contribution in [1.82, 2.24) is 19.6 Å². The van der Waals surface area contributed by atoms with Crippen molar-refractivity contribution in [2.75, 3.05) is 5.32 Å². The number of carbonyl (C=O) groups is 1. The van der Waals surface area contributed by atoms with Gasteiger partial charge in [-0.05, 0) is 49.2 Å². The molecule has 0 saturated heterocycles. The number of benzene rings is 1.